The second-order valence-electron chi connectivity index (χ2n) is 9.00. The van der Waals surface area contributed by atoms with Gasteiger partial charge in [0.25, 0.3) is 0 Å². The number of para-hydroxylation sites is 2. The minimum atomic E-state index is -0.119. The van der Waals surface area contributed by atoms with E-state index in [0.29, 0.717) is 5.11 Å². The molecule has 6 heteroatoms. The second-order valence-corrected chi connectivity index (χ2v) is 9.38. The molecule has 182 valence electrons. The normalized spacial score (nSPS) is 17.0. The van der Waals surface area contributed by atoms with Crippen molar-refractivity contribution in [2.75, 3.05) is 4.90 Å². The summed E-state index contributed by atoms with van der Waals surface area (Å²) >= 11 is 5.92. The first-order valence-electron chi connectivity index (χ1n) is 12.3. The zero-order valence-electron chi connectivity index (χ0n) is 20.4. The maximum Gasteiger partial charge on any atom is 0.174 e. The fourth-order valence-corrected chi connectivity index (χ4v) is 5.27. The number of anilines is 1. The minimum Gasteiger partial charge on any atom is -0.457 e. The Balaban J connectivity index is 1.41. The van der Waals surface area contributed by atoms with Gasteiger partial charge in [-0.15, -0.1) is 0 Å². The van der Waals surface area contributed by atoms with E-state index in [0.717, 1.165) is 34.3 Å². The van der Waals surface area contributed by atoms with Gasteiger partial charge in [0.1, 0.15) is 17.5 Å². The topological polar surface area (TPSA) is 42.3 Å². The van der Waals surface area contributed by atoms with Gasteiger partial charge in [0, 0.05) is 29.5 Å². The standard InChI is InChI=1S/C31H26N4OS/c1-22-10-5-6-14-27(22)34-21-9-15-28(34)30-29(26-13-7-8-20-32-26)33-31(37)35(30)23-16-18-25(19-17-23)36-24-11-3-2-4-12-24/h2-21,29-30H,1H3,(H,33,37)/t29-,30-/m0/s1. The Kier molecular flexibility index (Phi) is 6.16. The average Bonchev–Trinajstić information content (AvgIpc) is 3.55. The number of thiocarbonyl (C=S) groups is 1. The maximum atomic E-state index is 6.02. The molecule has 5 aromatic rings. The first-order chi connectivity index (χ1) is 18.2. The van der Waals surface area contributed by atoms with E-state index in [-0.39, 0.29) is 12.1 Å². The molecule has 37 heavy (non-hydrogen) atoms. The van der Waals surface area contributed by atoms with Crippen LogP contribution in [0.4, 0.5) is 5.69 Å². The van der Waals surface area contributed by atoms with Crippen molar-refractivity contribution in [1.29, 1.82) is 0 Å². The van der Waals surface area contributed by atoms with Gasteiger partial charge in [-0.05, 0) is 91.4 Å². The smallest absolute Gasteiger partial charge is 0.174 e. The van der Waals surface area contributed by atoms with Crippen molar-refractivity contribution in [3.05, 3.63) is 139 Å². The molecule has 0 bridgehead atoms. The van der Waals surface area contributed by atoms with Crippen LogP contribution in [-0.2, 0) is 0 Å². The molecular formula is C31H26N4OS. The Bertz CT molecular complexity index is 1520. The van der Waals surface area contributed by atoms with Crippen LogP contribution in [0, 0.1) is 6.92 Å². The van der Waals surface area contributed by atoms with Crippen LogP contribution in [0.2, 0.25) is 0 Å². The molecule has 2 aromatic heterocycles. The highest BCUT2D eigenvalue weighted by Crippen LogP contribution is 2.42. The summed E-state index contributed by atoms with van der Waals surface area (Å²) in [6.07, 6.45) is 3.94. The summed E-state index contributed by atoms with van der Waals surface area (Å²) in [5.74, 6) is 1.58. The van der Waals surface area contributed by atoms with Crippen molar-refractivity contribution in [2.24, 2.45) is 0 Å². The lowest BCUT2D eigenvalue weighted by Gasteiger charge is -2.29. The van der Waals surface area contributed by atoms with Crippen molar-refractivity contribution in [3.63, 3.8) is 0 Å². The third kappa shape index (κ3) is 4.47. The quantitative estimate of drug-likeness (QED) is 0.250. The summed E-state index contributed by atoms with van der Waals surface area (Å²) in [5.41, 5.74) is 5.41. The van der Waals surface area contributed by atoms with E-state index >= 15 is 0 Å². The first kappa shape index (κ1) is 23.0. The minimum absolute atomic E-state index is 0.113. The largest absolute Gasteiger partial charge is 0.457 e. The molecule has 0 amide bonds. The average molecular weight is 503 g/mol. The second kappa shape index (κ2) is 9.91. The van der Waals surface area contributed by atoms with E-state index in [4.69, 9.17) is 17.0 Å². The van der Waals surface area contributed by atoms with Crippen LogP contribution in [-0.4, -0.2) is 14.7 Å². The molecule has 0 aliphatic carbocycles. The third-order valence-electron chi connectivity index (χ3n) is 6.65. The Morgan fingerprint density at radius 1 is 0.784 bits per heavy atom. The lowest BCUT2D eigenvalue weighted by atomic mass is 10.0. The lowest BCUT2D eigenvalue weighted by Crippen LogP contribution is -2.30. The summed E-state index contributed by atoms with van der Waals surface area (Å²) in [6.45, 7) is 2.14. The van der Waals surface area contributed by atoms with Gasteiger partial charge < -0.3 is 19.5 Å². The molecule has 0 spiro atoms. The van der Waals surface area contributed by atoms with E-state index in [1.165, 1.54) is 5.56 Å². The Morgan fingerprint density at radius 2 is 1.51 bits per heavy atom. The molecule has 1 aliphatic heterocycles. The Hall–Kier alpha value is -4.42. The number of aromatic nitrogens is 2. The van der Waals surface area contributed by atoms with Crippen LogP contribution in [0.25, 0.3) is 5.69 Å². The van der Waals surface area contributed by atoms with Gasteiger partial charge in [-0.2, -0.15) is 0 Å². The number of nitrogens with zero attached hydrogens (tertiary/aromatic N) is 3. The predicted molar refractivity (Wildman–Crippen MR) is 151 cm³/mol. The predicted octanol–water partition coefficient (Wildman–Crippen LogP) is 7.15. The molecular weight excluding hydrogens is 476 g/mol. The molecule has 1 aliphatic rings. The molecule has 5 nitrogen and oxygen atoms in total. The van der Waals surface area contributed by atoms with Crippen LogP contribution in [0.15, 0.2) is 122 Å². The van der Waals surface area contributed by atoms with Crippen LogP contribution in [0.1, 0.15) is 29.0 Å². The van der Waals surface area contributed by atoms with Gasteiger partial charge in [0.15, 0.2) is 5.11 Å². The van der Waals surface area contributed by atoms with Crippen molar-refractivity contribution >= 4 is 23.0 Å². The Morgan fingerprint density at radius 3 is 2.27 bits per heavy atom. The van der Waals surface area contributed by atoms with Crippen molar-refractivity contribution in [1.82, 2.24) is 14.9 Å². The zero-order chi connectivity index (χ0) is 25.2. The Labute approximate surface area is 222 Å². The molecule has 3 aromatic carbocycles. The number of nitrogens with one attached hydrogen (secondary N) is 1. The summed E-state index contributed by atoms with van der Waals surface area (Å²) < 4.78 is 8.28. The van der Waals surface area contributed by atoms with Crippen molar-refractivity contribution in [2.45, 2.75) is 19.0 Å². The molecule has 2 atom stereocenters. The fraction of sp³-hybridized carbons (Fsp3) is 0.0968. The van der Waals surface area contributed by atoms with E-state index < -0.39 is 0 Å². The third-order valence-corrected chi connectivity index (χ3v) is 6.96. The first-order valence-corrected chi connectivity index (χ1v) is 12.7. The number of pyridine rings is 1. The highest BCUT2D eigenvalue weighted by molar-refractivity contribution is 7.80. The molecule has 0 unspecified atom stereocenters. The van der Waals surface area contributed by atoms with E-state index in [2.05, 4.69) is 87.5 Å². The monoisotopic (exact) mass is 502 g/mol. The lowest BCUT2D eigenvalue weighted by molar-refractivity contribution is 0.482. The van der Waals surface area contributed by atoms with Gasteiger partial charge in [0.05, 0.1) is 11.7 Å². The zero-order valence-corrected chi connectivity index (χ0v) is 21.2. The van der Waals surface area contributed by atoms with Gasteiger partial charge in [-0.25, -0.2) is 0 Å². The molecule has 1 fully saturated rings. The molecule has 3 heterocycles. The number of hydrogen-bond donors (Lipinski definition) is 1. The number of rotatable bonds is 6. The molecule has 6 rings (SSSR count). The van der Waals surface area contributed by atoms with Crippen LogP contribution in [0.5, 0.6) is 11.5 Å². The van der Waals surface area contributed by atoms with Crippen LogP contribution in [0.3, 0.4) is 0 Å². The SMILES string of the molecule is Cc1ccccc1-n1cccc1[C@H]1[C@H](c2ccccn2)NC(=S)N1c1ccc(Oc2ccccc2)cc1. The number of aryl methyl sites for hydroxylation is 1. The molecule has 1 N–H and O–H groups in total. The van der Waals surface area contributed by atoms with Gasteiger partial charge >= 0.3 is 0 Å². The summed E-state index contributed by atoms with van der Waals surface area (Å²) in [5, 5.41) is 4.22. The number of ether oxygens (including phenoxy) is 1. The van der Waals surface area contributed by atoms with E-state index in [1.807, 2.05) is 60.8 Å². The highest BCUT2D eigenvalue weighted by atomic mass is 32.1. The van der Waals surface area contributed by atoms with Gasteiger partial charge in [-0.3, -0.25) is 4.98 Å². The number of hydrogen-bond acceptors (Lipinski definition) is 3. The maximum absolute atomic E-state index is 6.02. The van der Waals surface area contributed by atoms with Crippen molar-refractivity contribution in [3.8, 4) is 17.2 Å². The summed E-state index contributed by atoms with van der Waals surface area (Å²) in [4.78, 5) is 6.87. The molecule has 1 saturated heterocycles. The molecule has 0 radical (unpaired) electrons. The van der Waals surface area contributed by atoms with Gasteiger partial charge in [0.2, 0.25) is 0 Å². The summed E-state index contributed by atoms with van der Waals surface area (Å²) in [6, 6.07) is 36.3. The van der Waals surface area contributed by atoms with Gasteiger partial charge in [-0.1, -0.05) is 42.5 Å². The summed E-state index contributed by atoms with van der Waals surface area (Å²) in [7, 11) is 0. The fourth-order valence-electron chi connectivity index (χ4n) is 4.92. The van der Waals surface area contributed by atoms with Crippen molar-refractivity contribution < 1.29 is 4.74 Å². The van der Waals surface area contributed by atoms with E-state index in [1.54, 1.807) is 0 Å². The van der Waals surface area contributed by atoms with Crippen LogP contribution >= 0.6 is 12.2 Å². The number of benzene rings is 3. The van der Waals surface area contributed by atoms with Crippen LogP contribution < -0.4 is 15.0 Å². The molecule has 0 saturated carbocycles. The highest BCUT2D eigenvalue weighted by Gasteiger charge is 2.42. The van der Waals surface area contributed by atoms with E-state index in [9.17, 15) is 0 Å².